The fourth-order valence-corrected chi connectivity index (χ4v) is 3.30. The molecular formula is C23H37NO6. The van der Waals surface area contributed by atoms with Gasteiger partial charge in [-0.3, -0.25) is 4.79 Å². The van der Waals surface area contributed by atoms with Crippen LogP contribution in [0.2, 0.25) is 0 Å². The standard InChI is InChI=1S/C23H37NO6/c1-4-18(10-7-5-6-8-11-22(25)24-2)19-12-13-20(30-17-23(26)27)21(16-19)29-15-9-14-28-3/h12-13,16,18H,4-11,14-15,17H2,1-3H3,(H,24,25)(H,26,27). The van der Waals surface area contributed by atoms with Crippen molar-refractivity contribution in [2.45, 2.75) is 64.2 Å². The average molecular weight is 424 g/mol. The topological polar surface area (TPSA) is 94.1 Å². The molecule has 0 spiro atoms. The molecule has 0 bridgehead atoms. The summed E-state index contributed by atoms with van der Waals surface area (Å²) in [7, 11) is 3.31. The number of hydrogen-bond donors (Lipinski definition) is 2. The van der Waals surface area contributed by atoms with Crippen molar-refractivity contribution in [2.75, 3.05) is 34.0 Å². The Bertz CT molecular complexity index is 634. The van der Waals surface area contributed by atoms with Crippen LogP contribution in [0.25, 0.3) is 0 Å². The number of unbranched alkanes of at least 4 members (excludes halogenated alkanes) is 3. The molecule has 170 valence electrons. The first-order valence-electron chi connectivity index (χ1n) is 10.8. The molecule has 1 atom stereocenters. The van der Waals surface area contributed by atoms with Gasteiger partial charge < -0.3 is 24.6 Å². The minimum Gasteiger partial charge on any atom is -0.490 e. The third-order valence-electron chi connectivity index (χ3n) is 5.02. The number of methoxy groups -OCH3 is 1. The average Bonchev–Trinajstić information content (AvgIpc) is 2.75. The largest absolute Gasteiger partial charge is 0.490 e. The lowest BCUT2D eigenvalue weighted by molar-refractivity contribution is -0.139. The number of amides is 1. The molecule has 1 unspecified atom stereocenters. The van der Waals surface area contributed by atoms with Gasteiger partial charge in [-0.15, -0.1) is 0 Å². The molecule has 1 aromatic carbocycles. The van der Waals surface area contributed by atoms with Crippen LogP contribution in [-0.2, 0) is 14.3 Å². The Hall–Kier alpha value is -2.28. The highest BCUT2D eigenvalue weighted by atomic mass is 16.5. The predicted molar refractivity (Wildman–Crippen MR) is 116 cm³/mol. The SMILES string of the molecule is CCC(CCCCCCC(=O)NC)c1ccc(OCC(=O)O)c(OCCCOC)c1. The number of benzene rings is 1. The summed E-state index contributed by atoms with van der Waals surface area (Å²) in [6.45, 7) is 2.84. The number of aliphatic carboxylic acids is 1. The van der Waals surface area contributed by atoms with Gasteiger partial charge in [0.2, 0.25) is 5.91 Å². The van der Waals surface area contributed by atoms with Crippen LogP contribution in [0.4, 0.5) is 0 Å². The van der Waals surface area contributed by atoms with Gasteiger partial charge in [0.1, 0.15) is 0 Å². The van der Waals surface area contributed by atoms with E-state index in [1.807, 2.05) is 12.1 Å². The lowest BCUT2D eigenvalue weighted by atomic mass is 9.90. The van der Waals surface area contributed by atoms with Gasteiger partial charge in [-0.2, -0.15) is 0 Å². The Morgan fingerprint density at radius 3 is 2.47 bits per heavy atom. The Morgan fingerprint density at radius 1 is 1.03 bits per heavy atom. The quantitative estimate of drug-likeness (QED) is 0.366. The van der Waals surface area contributed by atoms with Crippen molar-refractivity contribution in [3.05, 3.63) is 23.8 Å². The summed E-state index contributed by atoms with van der Waals surface area (Å²) < 4.78 is 16.3. The summed E-state index contributed by atoms with van der Waals surface area (Å²) in [5.41, 5.74) is 1.17. The van der Waals surface area contributed by atoms with E-state index in [1.54, 1.807) is 20.2 Å². The van der Waals surface area contributed by atoms with Crippen molar-refractivity contribution in [1.82, 2.24) is 5.32 Å². The molecule has 1 rings (SSSR count). The lowest BCUT2D eigenvalue weighted by Crippen LogP contribution is -2.16. The molecule has 0 radical (unpaired) electrons. The van der Waals surface area contributed by atoms with Crippen molar-refractivity contribution in [3.63, 3.8) is 0 Å². The Balaban J connectivity index is 2.66. The van der Waals surface area contributed by atoms with Crippen LogP contribution in [0.1, 0.15) is 69.8 Å². The van der Waals surface area contributed by atoms with Crippen molar-refractivity contribution < 1.29 is 28.9 Å². The van der Waals surface area contributed by atoms with Crippen molar-refractivity contribution in [3.8, 4) is 11.5 Å². The van der Waals surface area contributed by atoms with Crippen molar-refractivity contribution in [2.24, 2.45) is 0 Å². The molecule has 0 fully saturated rings. The Labute approximate surface area is 180 Å². The highest BCUT2D eigenvalue weighted by Gasteiger charge is 2.14. The van der Waals surface area contributed by atoms with Gasteiger partial charge in [0.05, 0.1) is 6.61 Å². The summed E-state index contributed by atoms with van der Waals surface area (Å²) in [6, 6.07) is 5.78. The van der Waals surface area contributed by atoms with E-state index in [-0.39, 0.29) is 5.91 Å². The molecule has 0 aliphatic carbocycles. The van der Waals surface area contributed by atoms with Crippen LogP contribution in [-0.4, -0.2) is 51.0 Å². The number of carbonyl (C=O) groups is 2. The molecule has 2 N–H and O–H groups in total. The van der Waals surface area contributed by atoms with Crippen LogP contribution in [0.5, 0.6) is 11.5 Å². The van der Waals surface area contributed by atoms with Crippen molar-refractivity contribution >= 4 is 11.9 Å². The van der Waals surface area contributed by atoms with Crippen LogP contribution in [0.3, 0.4) is 0 Å². The van der Waals surface area contributed by atoms with E-state index in [4.69, 9.17) is 19.3 Å². The third-order valence-corrected chi connectivity index (χ3v) is 5.02. The second-order valence-electron chi connectivity index (χ2n) is 7.31. The minimum absolute atomic E-state index is 0.102. The molecule has 0 heterocycles. The van der Waals surface area contributed by atoms with E-state index in [1.165, 1.54) is 5.56 Å². The lowest BCUT2D eigenvalue weighted by Gasteiger charge is -2.19. The van der Waals surface area contributed by atoms with E-state index in [0.29, 0.717) is 37.1 Å². The molecular weight excluding hydrogens is 386 g/mol. The first-order chi connectivity index (χ1) is 14.5. The zero-order valence-electron chi connectivity index (χ0n) is 18.6. The number of rotatable bonds is 17. The number of hydrogen-bond acceptors (Lipinski definition) is 5. The molecule has 0 aliphatic rings. The van der Waals surface area contributed by atoms with Gasteiger partial charge in [-0.05, 0) is 42.9 Å². The van der Waals surface area contributed by atoms with E-state index in [9.17, 15) is 9.59 Å². The monoisotopic (exact) mass is 423 g/mol. The summed E-state index contributed by atoms with van der Waals surface area (Å²) in [4.78, 5) is 22.1. The molecule has 0 aromatic heterocycles. The van der Waals surface area contributed by atoms with Crippen LogP contribution in [0.15, 0.2) is 18.2 Å². The first-order valence-corrected chi connectivity index (χ1v) is 10.8. The highest BCUT2D eigenvalue weighted by Crippen LogP contribution is 2.34. The molecule has 1 amide bonds. The van der Waals surface area contributed by atoms with Crippen LogP contribution in [0, 0.1) is 0 Å². The van der Waals surface area contributed by atoms with E-state index < -0.39 is 12.6 Å². The van der Waals surface area contributed by atoms with Gasteiger partial charge in [-0.25, -0.2) is 4.79 Å². The second-order valence-corrected chi connectivity index (χ2v) is 7.31. The number of carbonyl (C=O) groups excluding carboxylic acids is 1. The fourth-order valence-electron chi connectivity index (χ4n) is 3.30. The summed E-state index contributed by atoms with van der Waals surface area (Å²) >= 11 is 0. The molecule has 7 nitrogen and oxygen atoms in total. The van der Waals surface area contributed by atoms with Gasteiger partial charge in [-0.1, -0.05) is 32.3 Å². The van der Waals surface area contributed by atoms with Gasteiger partial charge in [0.15, 0.2) is 18.1 Å². The van der Waals surface area contributed by atoms with Gasteiger partial charge in [0.25, 0.3) is 0 Å². The van der Waals surface area contributed by atoms with Crippen LogP contribution >= 0.6 is 0 Å². The molecule has 0 saturated heterocycles. The van der Waals surface area contributed by atoms with Gasteiger partial charge in [0, 0.05) is 33.6 Å². The van der Waals surface area contributed by atoms with E-state index in [0.717, 1.165) is 44.9 Å². The van der Waals surface area contributed by atoms with Gasteiger partial charge >= 0.3 is 5.97 Å². The third kappa shape index (κ3) is 10.5. The van der Waals surface area contributed by atoms with E-state index in [2.05, 4.69) is 12.2 Å². The highest BCUT2D eigenvalue weighted by molar-refractivity contribution is 5.75. The molecule has 7 heteroatoms. The Kier molecular flexibility index (Phi) is 13.3. The van der Waals surface area contributed by atoms with Crippen LogP contribution < -0.4 is 14.8 Å². The zero-order valence-corrected chi connectivity index (χ0v) is 18.6. The number of nitrogens with one attached hydrogen (secondary N) is 1. The number of carboxylic acids is 1. The number of ether oxygens (including phenoxy) is 3. The second kappa shape index (κ2) is 15.5. The maximum atomic E-state index is 11.3. The first kappa shape index (κ1) is 25.8. The maximum Gasteiger partial charge on any atom is 0.341 e. The van der Waals surface area contributed by atoms with Crippen molar-refractivity contribution in [1.29, 1.82) is 0 Å². The Morgan fingerprint density at radius 2 is 1.80 bits per heavy atom. The molecule has 0 aliphatic heterocycles. The zero-order chi connectivity index (χ0) is 22.2. The smallest absolute Gasteiger partial charge is 0.341 e. The summed E-state index contributed by atoms with van der Waals surface area (Å²) in [6.07, 6.45) is 7.60. The molecule has 0 saturated carbocycles. The minimum atomic E-state index is -1.02. The normalized spacial score (nSPS) is 11.7. The predicted octanol–water partition coefficient (Wildman–Crippen LogP) is 4.15. The summed E-state index contributed by atoms with van der Waals surface area (Å²) in [5, 5.41) is 11.5. The fraction of sp³-hybridized carbons (Fsp3) is 0.652. The molecule has 30 heavy (non-hydrogen) atoms. The maximum absolute atomic E-state index is 11.3. The summed E-state index contributed by atoms with van der Waals surface area (Å²) in [5.74, 6) is 0.507. The number of carboxylic acid groups (broad SMARTS) is 1. The molecule has 1 aromatic rings. The van der Waals surface area contributed by atoms with E-state index >= 15 is 0 Å².